The molecule has 9 nitrogen and oxygen atoms in total. The van der Waals surface area contributed by atoms with Crippen molar-refractivity contribution >= 4 is 33.5 Å². The van der Waals surface area contributed by atoms with E-state index in [1.165, 1.54) is 29.2 Å². The Kier molecular flexibility index (Phi) is 6.23. The molecule has 2 amide bonds. The standard InChI is InChI=1S/C21H21N3O6S/c1-13(15-7-9-16(10-8-15)31(22,28)29)23-19(25)12-30-20(26)11-24-14(2)17-5-3-4-6-18(17)21(24)27/h3-10,13H,2,11-12H2,1H3,(H,23,25)(H2,22,28,29). The Hall–Kier alpha value is -3.50. The van der Waals surface area contributed by atoms with Crippen LogP contribution in [0.3, 0.4) is 0 Å². The molecule has 1 heterocycles. The van der Waals surface area contributed by atoms with Crippen molar-refractivity contribution in [1.29, 1.82) is 0 Å². The van der Waals surface area contributed by atoms with Crippen LogP contribution >= 0.6 is 0 Å². The van der Waals surface area contributed by atoms with Gasteiger partial charge in [-0.3, -0.25) is 19.3 Å². The molecular weight excluding hydrogens is 422 g/mol. The van der Waals surface area contributed by atoms with Gasteiger partial charge in [-0.25, -0.2) is 13.6 Å². The number of nitrogens with two attached hydrogens (primary N) is 1. The molecule has 1 atom stereocenters. The molecule has 1 unspecified atom stereocenters. The van der Waals surface area contributed by atoms with E-state index < -0.39 is 34.5 Å². The van der Waals surface area contributed by atoms with Gasteiger partial charge in [-0.05, 0) is 30.7 Å². The molecule has 2 aromatic rings. The van der Waals surface area contributed by atoms with Gasteiger partial charge in [0.15, 0.2) is 6.61 Å². The summed E-state index contributed by atoms with van der Waals surface area (Å²) in [6, 6.07) is 12.2. The van der Waals surface area contributed by atoms with Gasteiger partial charge in [0.1, 0.15) is 6.54 Å². The lowest BCUT2D eigenvalue weighted by Crippen LogP contribution is -2.34. The number of nitrogens with zero attached hydrogens (tertiary/aromatic N) is 1. The maximum absolute atomic E-state index is 12.4. The topological polar surface area (TPSA) is 136 Å². The third-order valence-corrected chi connectivity index (χ3v) is 5.71. The number of benzene rings is 2. The smallest absolute Gasteiger partial charge is 0.326 e. The van der Waals surface area contributed by atoms with Crippen LogP contribution < -0.4 is 10.5 Å². The Balaban J connectivity index is 1.50. The monoisotopic (exact) mass is 443 g/mol. The van der Waals surface area contributed by atoms with Gasteiger partial charge in [-0.2, -0.15) is 0 Å². The summed E-state index contributed by atoms with van der Waals surface area (Å²) in [7, 11) is -3.80. The zero-order valence-corrected chi connectivity index (χ0v) is 17.5. The van der Waals surface area contributed by atoms with E-state index in [9.17, 15) is 22.8 Å². The van der Waals surface area contributed by atoms with Gasteiger partial charge in [0.05, 0.1) is 10.9 Å². The number of esters is 1. The molecule has 0 spiro atoms. The number of carbonyl (C=O) groups is 3. The molecule has 0 aliphatic carbocycles. The van der Waals surface area contributed by atoms with Crippen molar-refractivity contribution in [3.63, 3.8) is 0 Å². The summed E-state index contributed by atoms with van der Waals surface area (Å²) in [6.45, 7) is 4.65. The number of ether oxygens (including phenoxy) is 1. The Morgan fingerprint density at radius 1 is 1.13 bits per heavy atom. The first-order chi connectivity index (χ1) is 14.6. The van der Waals surface area contributed by atoms with Gasteiger partial charge < -0.3 is 10.1 Å². The molecule has 10 heteroatoms. The van der Waals surface area contributed by atoms with Gasteiger partial charge in [-0.1, -0.05) is 36.9 Å². The van der Waals surface area contributed by atoms with E-state index in [2.05, 4.69) is 11.9 Å². The molecule has 0 fully saturated rings. The fourth-order valence-electron chi connectivity index (χ4n) is 3.14. The number of nitrogens with one attached hydrogen (secondary N) is 1. The molecular formula is C21H21N3O6S. The lowest BCUT2D eigenvalue weighted by molar-refractivity contribution is -0.148. The predicted molar refractivity (Wildman–Crippen MR) is 112 cm³/mol. The molecule has 2 aromatic carbocycles. The van der Waals surface area contributed by atoms with Crippen molar-refractivity contribution in [2.75, 3.05) is 13.2 Å². The fraction of sp³-hybridized carbons (Fsp3) is 0.190. The fourth-order valence-corrected chi connectivity index (χ4v) is 3.65. The van der Waals surface area contributed by atoms with Crippen LogP contribution in [0.4, 0.5) is 0 Å². The lowest BCUT2D eigenvalue weighted by atomic mass is 10.1. The van der Waals surface area contributed by atoms with Crippen LogP contribution in [0.1, 0.15) is 34.5 Å². The lowest BCUT2D eigenvalue weighted by Gasteiger charge is -2.17. The molecule has 0 saturated heterocycles. The van der Waals surface area contributed by atoms with E-state index in [0.717, 1.165) is 0 Å². The summed E-state index contributed by atoms with van der Waals surface area (Å²) in [6.07, 6.45) is 0. The highest BCUT2D eigenvalue weighted by atomic mass is 32.2. The van der Waals surface area contributed by atoms with E-state index in [1.807, 2.05) is 0 Å². The average molecular weight is 443 g/mol. The third-order valence-electron chi connectivity index (χ3n) is 4.78. The van der Waals surface area contributed by atoms with Crippen molar-refractivity contribution in [1.82, 2.24) is 10.2 Å². The molecule has 0 radical (unpaired) electrons. The van der Waals surface area contributed by atoms with E-state index in [4.69, 9.17) is 9.88 Å². The van der Waals surface area contributed by atoms with Crippen LogP contribution in [-0.2, 0) is 24.3 Å². The van der Waals surface area contributed by atoms with Gasteiger partial charge in [0, 0.05) is 16.8 Å². The number of amides is 2. The van der Waals surface area contributed by atoms with Gasteiger partial charge in [0.2, 0.25) is 10.0 Å². The van der Waals surface area contributed by atoms with Crippen LogP contribution in [0, 0.1) is 0 Å². The summed E-state index contributed by atoms with van der Waals surface area (Å²) in [5, 5.41) is 7.70. The molecule has 31 heavy (non-hydrogen) atoms. The maximum Gasteiger partial charge on any atom is 0.326 e. The first-order valence-corrected chi connectivity index (χ1v) is 10.8. The quantitative estimate of drug-likeness (QED) is 0.617. The van der Waals surface area contributed by atoms with E-state index in [0.29, 0.717) is 22.4 Å². The van der Waals surface area contributed by atoms with Crippen LogP contribution in [0.2, 0.25) is 0 Å². The van der Waals surface area contributed by atoms with Crippen molar-refractivity contribution in [2.24, 2.45) is 5.14 Å². The first kappa shape index (κ1) is 22.2. The first-order valence-electron chi connectivity index (χ1n) is 9.26. The number of hydrogen-bond acceptors (Lipinski definition) is 6. The van der Waals surface area contributed by atoms with Crippen molar-refractivity contribution in [3.8, 4) is 0 Å². The Bertz CT molecular complexity index is 1120. The molecule has 0 aromatic heterocycles. The zero-order chi connectivity index (χ0) is 22.8. The van der Waals surface area contributed by atoms with Crippen LogP contribution in [0.5, 0.6) is 0 Å². The van der Waals surface area contributed by atoms with Crippen molar-refractivity contribution in [2.45, 2.75) is 17.9 Å². The molecule has 1 aliphatic heterocycles. The normalized spacial score (nSPS) is 14.2. The SMILES string of the molecule is C=C1c2ccccc2C(=O)N1CC(=O)OCC(=O)NC(C)c1ccc(S(N)(=O)=O)cc1. The summed E-state index contributed by atoms with van der Waals surface area (Å²) >= 11 is 0. The highest BCUT2D eigenvalue weighted by molar-refractivity contribution is 7.89. The van der Waals surface area contributed by atoms with Crippen LogP contribution in [0.25, 0.3) is 5.70 Å². The summed E-state index contributed by atoms with van der Waals surface area (Å²) in [5.74, 6) is -1.65. The number of hydrogen-bond donors (Lipinski definition) is 2. The maximum atomic E-state index is 12.4. The largest absolute Gasteiger partial charge is 0.454 e. The Morgan fingerprint density at radius 3 is 2.32 bits per heavy atom. The predicted octanol–water partition coefficient (Wildman–Crippen LogP) is 1.18. The number of rotatable bonds is 7. The molecule has 0 saturated carbocycles. The van der Waals surface area contributed by atoms with Crippen molar-refractivity contribution in [3.05, 3.63) is 71.8 Å². The second kappa shape index (κ2) is 8.70. The third kappa shape index (κ3) is 4.98. The minimum Gasteiger partial charge on any atom is -0.454 e. The Labute approximate surface area is 179 Å². The Morgan fingerprint density at radius 2 is 1.74 bits per heavy atom. The highest BCUT2D eigenvalue weighted by Crippen LogP contribution is 2.30. The number of carbonyl (C=O) groups excluding carboxylic acids is 3. The number of primary sulfonamides is 1. The van der Waals surface area contributed by atoms with E-state index in [1.54, 1.807) is 31.2 Å². The van der Waals surface area contributed by atoms with Crippen LogP contribution in [0.15, 0.2) is 60.0 Å². The number of sulfonamides is 1. The summed E-state index contributed by atoms with van der Waals surface area (Å²) < 4.78 is 27.6. The van der Waals surface area contributed by atoms with Crippen LogP contribution in [-0.4, -0.2) is 44.3 Å². The second-order valence-corrected chi connectivity index (χ2v) is 8.51. The van der Waals surface area contributed by atoms with E-state index >= 15 is 0 Å². The van der Waals surface area contributed by atoms with E-state index in [-0.39, 0.29) is 17.3 Å². The molecule has 3 N–H and O–H groups in total. The highest BCUT2D eigenvalue weighted by Gasteiger charge is 2.32. The second-order valence-electron chi connectivity index (χ2n) is 6.95. The van der Waals surface area contributed by atoms with Gasteiger partial charge in [0.25, 0.3) is 11.8 Å². The van der Waals surface area contributed by atoms with Crippen molar-refractivity contribution < 1.29 is 27.5 Å². The average Bonchev–Trinajstić information content (AvgIpc) is 2.97. The minimum absolute atomic E-state index is 0.0381. The molecule has 0 bridgehead atoms. The zero-order valence-electron chi connectivity index (χ0n) is 16.7. The summed E-state index contributed by atoms with van der Waals surface area (Å²) in [5.41, 5.74) is 2.16. The number of fused-ring (bicyclic) bond motifs is 1. The minimum atomic E-state index is -3.80. The van der Waals surface area contributed by atoms with Gasteiger partial charge >= 0.3 is 5.97 Å². The van der Waals surface area contributed by atoms with Gasteiger partial charge in [-0.15, -0.1) is 0 Å². The summed E-state index contributed by atoms with van der Waals surface area (Å²) in [4.78, 5) is 37.8. The molecule has 1 aliphatic rings. The molecule has 162 valence electrons. The molecule has 3 rings (SSSR count).